The van der Waals surface area contributed by atoms with Gasteiger partial charge in [0, 0.05) is 17.5 Å². The van der Waals surface area contributed by atoms with E-state index < -0.39 is 20.8 Å². The topological polar surface area (TPSA) is 106 Å². The molecule has 112 valence electrons. The molecule has 1 atom stereocenters. The summed E-state index contributed by atoms with van der Waals surface area (Å²) in [5.41, 5.74) is 0.597. The average Bonchev–Trinajstić information content (AvgIpc) is 2.87. The van der Waals surface area contributed by atoms with Crippen LogP contribution in [0.15, 0.2) is 49.7 Å². The SMILES string of the molecule is CC(=O)Nc1ccc(S(=O)c2ccc(S(N)(=O)=O)s2)cc1. The minimum atomic E-state index is -3.78. The van der Waals surface area contributed by atoms with Crippen molar-refractivity contribution in [2.75, 3.05) is 5.32 Å². The van der Waals surface area contributed by atoms with E-state index in [-0.39, 0.29) is 10.1 Å². The van der Waals surface area contributed by atoms with E-state index in [0.29, 0.717) is 14.8 Å². The zero-order valence-electron chi connectivity index (χ0n) is 10.9. The highest BCUT2D eigenvalue weighted by Gasteiger charge is 2.15. The molecule has 1 aromatic heterocycles. The number of carbonyl (C=O) groups excluding carboxylic acids is 1. The first-order valence-electron chi connectivity index (χ1n) is 5.69. The second-order valence-electron chi connectivity index (χ2n) is 4.09. The monoisotopic (exact) mass is 344 g/mol. The molecule has 9 heteroatoms. The summed E-state index contributed by atoms with van der Waals surface area (Å²) in [5.74, 6) is -0.195. The van der Waals surface area contributed by atoms with Crippen LogP contribution < -0.4 is 10.5 Å². The second-order valence-corrected chi connectivity index (χ2v) is 8.67. The van der Waals surface area contributed by atoms with E-state index in [1.54, 1.807) is 24.3 Å². The fourth-order valence-corrected chi connectivity index (χ4v) is 4.83. The normalized spacial score (nSPS) is 12.9. The van der Waals surface area contributed by atoms with E-state index in [4.69, 9.17) is 5.14 Å². The predicted octanol–water partition coefficient (Wildman–Crippen LogP) is 1.52. The molecule has 1 heterocycles. The van der Waals surface area contributed by atoms with Gasteiger partial charge in [-0.15, -0.1) is 11.3 Å². The van der Waals surface area contributed by atoms with Gasteiger partial charge in [0.05, 0.1) is 15.0 Å². The van der Waals surface area contributed by atoms with Crippen LogP contribution in [0.25, 0.3) is 0 Å². The molecule has 2 aromatic rings. The Kier molecular flexibility index (Phi) is 4.57. The summed E-state index contributed by atoms with van der Waals surface area (Å²) in [6.07, 6.45) is 0. The van der Waals surface area contributed by atoms with Crippen molar-refractivity contribution < 1.29 is 17.4 Å². The minimum absolute atomic E-state index is 0.0271. The molecule has 0 saturated carbocycles. The first-order chi connectivity index (χ1) is 9.77. The Balaban J connectivity index is 2.24. The van der Waals surface area contributed by atoms with Crippen LogP contribution in [-0.4, -0.2) is 18.5 Å². The van der Waals surface area contributed by atoms with Crippen molar-refractivity contribution in [2.45, 2.75) is 20.2 Å². The molecule has 21 heavy (non-hydrogen) atoms. The summed E-state index contributed by atoms with van der Waals surface area (Å²) in [7, 11) is -5.28. The van der Waals surface area contributed by atoms with Gasteiger partial charge in [-0.25, -0.2) is 17.8 Å². The Morgan fingerprint density at radius 2 is 1.81 bits per heavy atom. The first-order valence-corrected chi connectivity index (χ1v) is 9.21. The largest absolute Gasteiger partial charge is 0.326 e. The maximum absolute atomic E-state index is 12.3. The number of sulfonamides is 1. The summed E-state index contributed by atoms with van der Waals surface area (Å²) in [4.78, 5) is 11.4. The van der Waals surface area contributed by atoms with E-state index >= 15 is 0 Å². The average molecular weight is 344 g/mol. The van der Waals surface area contributed by atoms with Crippen LogP contribution >= 0.6 is 11.3 Å². The number of hydrogen-bond donors (Lipinski definition) is 2. The molecule has 3 N–H and O–H groups in total. The Morgan fingerprint density at radius 1 is 1.19 bits per heavy atom. The van der Waals surface area contributed by atoms with Gasteiger partial charge in [-0.05, 0) is 36.4 Å². The van der Waals surface area contributed by atoms with Gasteiger partial charge in [0.1, 0.15) is 4.21 Å². The van der Waals surface area contributed by atoms with E-state index in [0.717, 1.165) is 11.3 Å². The zero-order chi connectivity index (χ0) is 15.6. The summed E-state index contributed by atoms with van der Waals surface area (Å²) < 4.78 is 35.1. The van der Waals surface area contributed by atoms with Crippen LogP contribution in [0.5, 0.6) is 0 Å². The van der Waals surface area contributed by atoms with Crippen molar-refractivity contribution in [3.05, 3.63) is 36.4 Å². The smallest absolute Gasteiger partial charge is 0.247 e. The lowest BCUT2D eigenvalue weighted by atomic mass is 10.3. The summed E-state index contributed by atoms with van der Waals surface area (Å²) in [6.45, 7) is 1.40. The molecule has 0 aliphatic heterocycles. The Hall–Kier alpha value is -1.55. The van der Waals surface area contributed by atoms with Crippen molar-refractivity contribution in [1.82, 2.24) is 0 Å². The number of thiophene rings is 1. The van der Waals surface area contributed by atoms with Crippen LogP contribution in [0.3, 0.4) is 0 Å². The number of primary sulfonamides is 1. The van der Waals surface area contributed by atoms with Crippen molar-refractivity contribution in [1.29, 1.82) is 0 Å². The van der Waals surface area contributed by atoms with Crippen molar-refractivity contribution in [3.63, 3.8) is 0 Å². The van der Waals surface area contributed by atoms with Crippen LogP contribution in [-0.2, 0) is 25.6 Å². The lowest BCUT2D eigenvalue weighted by Crippen LogP contribution is -2.09. The number of benzene rings is 1. The lowest BCUT2D eigenvalue weighted by Gasteiger charge is -2.03. The standard InChI is InChI=1S/C12H12N2O4S3/c1-8(15)14-9-2-4-10(5-3-9)20(16)11-6-7-12(19-11)21(13,17)18/h2-7H,1H3,(H,14,15)(H2,13,17,18). The number of rotatable bonds is 4. The van der Waals surface area contributed by atoms with Crippen molar-refractivity contribution in [2.24, 2.45) is 5.14 Å². The maximum atomic E-state index is 12.3. The molecule has 0 spiro atoms. The van der Waals surface area contributed by atoms with E-state index in [2.05, 4.69) is 5.32 Å². The molecule has 1 unspecified atom stereocenters. The van der Waals surface area contributed by atoms with Crippen LogP contribution in [0.1, 0.15) is 6.92 Å². The molecule has 0 bridgehead atoms. The number of hydrogen-bond acceptors (Lipinski definition) is 5. The van der Waals surface area contributed by atoms with Crippen molar-refractivity contribution in [3.8, 4) is 0 Å². The molecule has 0 aliphatic rings. The highest BCUT2D eigenvalue weighted by molar-refractivity contribution is 7.92. The number of nitrogens with one attached hydrogen (secondary N) is 1. The van der Waals surface area contributed by atoms with E-state index in [1.165, 1.54) is 19.1 Å². The Morgan fingerprint density at radius 3 is 2.29 bits per heavy atom. The van der Waals surface area contributed by atoms with E-state index in [1.807, 2.05) is 0 Å². The van der Waals surface area contributed by atoms with Gasteiger partial charge in [-0.3, -0.25) is 4.79 Å². The summed E-state index contributed by atoms with van der Waals surface area (Å²) in [6, 6.07) is 9.28. The lowest BCUT2D eigenvalue weighted by molar-refractivity contribution is -0.114. The highest BCUT2D eigenvalue weighted by atomic mass is 32.3. The quantitative estimate of drug-likeness (QED) is 0.877. The van der Waals surface area contributed by atoms with Crippen LogP contribution in [0.2, 0.25) is 0 Å². The van der Waals surface area contributed by atoms with Gasteiger partial charge in [0.2, 0.25) is 15.9 Å². The number of amides is 1. The zero-order valence-corrected chi connectivity index (χ0v) is 13.3. The molecule has 1 amide bonds. The third-order valence-electron chi connectivity index (χ3n) is 2.41. The third-order valence-corrected chi connectivity index (χ3v) is 6.63. The van der Waals surface area contributed by atoms with Gasteiger partial charge in [-0.1, -0.05) is 0 Å². The summed E-state index contributed by atoms with van der Waals surface area (Å²) >= 11 is 0.875. The van der Waals surface area contributed by atoms with Gasteiger partial charge < -0.3 is 5.32 Å². The number of anilines is 1. The Labute approximate surface area is 128 Å². The molecule has 0 radical (unpaired) electrons. The molecule has 0 fully saturated rings. The summed E-state index contributed by atoms with van der Waals surface area (Å²) in [5, 5.41) is 7.62. The number of nitrogens with two attached hydrogens (primary N) is 1. The van der Waals surface area contributed by atoms with Gasteiger partial charge >= 0.3 is 0 Å². The van der Waals surface area contributed by atoms with Gasteiger partial charge in [0.15, 0.2) is 0 Å². The van der Waals surface area contributed by atoms with Crippen molar-refractivity contribution >= 4 is 43.8 Å². The number of carbonyl (C=O) groups is 1. The van der Waals surface area contributed by atoms with Crippen LogP contribution in [0, 0.1) is 0 Å². The molecular formula is C12H12N2O4S3. The van der Waals surface area contributed by atoms with Gasteiger partial charge in [0.25, 0.3) is 0 Å². The van der Waals surface area contributed by atoms with Crippen LogP contribution in [0.4, 0.5) is 5.69 Å². The molecule has 0 saturated heterocycles. The molecular weight excluding hydrogens is 332 g/mol. The highest BCUT2D eigenvalue weighted by Crippen LogP contribution is 2.27. The van der Waals surface area contributed by atoms with Gasteiger partial charge in [-0.2, -0.15) is 0 Å². The second kappa shape index (κ2) is 6.06. The first kappa shape index (κ1) is 15.8. The minimum Gasteiger partial charge on any atom is -0.326 e. The Bertz CT molecular complexity index is 794. The molecule has 1 aromatic carbocycles. The fourth-order valence-electron chi connectivity index (χ4n) is 1.54. The molecule has 2 rings (SSSR count). The molecule has 6 nitrogen and oxygen atoms in total. The fraction of sp³-hybridized carbons (Fsp3) is 0.0833. The van der Waals surface area contributed by atoms with E-state index in [9.17, 15) is 17.4 Å². The molecule has 0 aliphatic carbocycles. The third kappa shape index (κ3) is 3.97. The predicted molar refractivity (Wildman–Crippen MR) is 81.1 cm³/mol. The maximum Gasteiger partial charge on any atom is 0.247 e.